The zero-order valence-electron chi connectivity index (χ0n) is 13.9. The summed E-state index contributed by atoms with van der Waals surface area (Å²) in [6.45, 7) is -0.326. The lowest BCUT2D eigenvalue weighted by molar-refractivity contribution is -0.136. The van der Waals surface area contributed by atoms with Crippen molar-refractivity contribution in [3.63, 3.8) is 0 Å². The fourth-order valence-corrected chi connectivity index (χ4v) is 2.60. The van der Waals surface area contributed by atoms with Gasteiger partial charge in [-0.1, -0.05) is 41.9 Å². The summed E-state index contributed by atoms with van der Waals surface area (Å²) in [5, 5.41) is 2.17. The van der Waals surface area contributed by atoms with Gasteiger partial charge in [-0.25, -0.2) is 9.59 Å². The van der Waals surface area contributed by atoms with Crippen LogP contribution in [0.15, 0.2) is 60.7 Å². The van der Waals surface area contributed by atoms with Crippen LogP contribution >= 0.6 is 11.6 Å². The maximum Gasteiger partial charge on any atom is 0.349 e. The molecule has 0 radical (unpaired) electrons. The smallest absolute Gasteiger partial charge is 0.349 e. The fourth-order valence-electron chi connectivity index (χ4n) is 2.42. The van der Waals surface area contributed by atoms with Crippen molar-refractivity contribution in [1.29, 1.82) is 0 Å². The molecule has 3 aromatic rings. The Morgan fingerprint density at radius 1 is 0.962 bits per heavy atom. The van der Waals surface area contributed by atoms with E-state index in [2.05, 4.69) is 0 Å². The quantitative estimate of drug-likeness (QED) is 0.496. The lowest BCUT2D eigenvalue weighted by atomic mass is 10.1. The third-order valence-corrected chi connectivity index (χ3v) is 3.86. The van der Waals surface area contributed by atoms with Crippen molar-refractivity contribution in [1.82, 2.24) is 0 Å². The maximum atomic E-state index is 12.1. The first-order chi connectivity index (χ1) is 12.6. The van der Waals surface area contributed by atoms with Gasteiger partial charge in [-0.05, 0) is 41.1 Å². The zero-order valence-corrected chi connectivity index (χ0v) is 14.7. The fraction of sp³-hybridized carbons (Fsp3) is 0.100. The first-order valence-corrected chi connectivity index (χ1v) is 8.15. The van der Waals surface area contributed by atoms with Gasteiger partial charge in [0.2, 0.25) is 0 Å². The van der Waals surface area contributed by atoms with Crippen LogP contribution < -0.4 is 9.47 Å². The molecule has 0 heterocycles. The minimum absolute atomic E-state index is 0.121. The average Bonchev–Trinajstić information content (AvgIpc) is 2.65. The van der Waals surface area contributed by atoms with Gasteiger partial charge >= 0.3 is 11.9 Å². The van der Waals surface area contributed by atoms with Gasteiger partial charge in [-0.2, -0.15) is 0 Å². The van der Waals surface area contributed by atoms with Gasteiger partial charge in [0, 0.05) is 5.02 Å². The third-order valence-electron chi connectivity index (χ3n) is 3.63. The molecule has 0 aliphatic heterocycles. The maximum absolute atomic E-state index is 12.1. The number of halogens is 1. The molecule has 0 fully saturated rings. The van der Waals surface area contributed by atoms with Crippen LogP contribution in [0, 0.1) is 0 Å². The molecule has 0 aromatic heterocycles. The first kappa shape index (κ1) is 17.8. The van der Waals surface area contributed by atoms with Crippen LogP contribution in [0.3, 0.4) is 0 Å². The predicted molar refractivity (Wildman–Crippen MR) is 97.9 cm³/mol. The number of esters is 2. The second-order valence-corrected chi connectivity index (χ2v) is 5.84. The summed E-state index contributed by atoms with van der Waals surface area (Å²) < 4.78 is 15.5. The van der Waals surface area contributed by atoms with Crippen molar-refractivity contribution in [2.45, 2.75) is 0 Å². The lowest BCUT2D eigenvalue weighted by Crippen LogP contribution is -2.19. The molecule has 5 nitrogen and oxygen atoms in total. The highest BCUT2D eigenvalue weighted by Gasteiger charge is 2.17. The molecule has 132 valence electrons. The molecule has 0 amide bonds. The SMILES string of the molecule is COC(=O)c1cc2ccccc2cc1OC(=O)COc1cccc(Cl)c1. The Bertz CT molecular complexity index is 967. The molecule has 26 heavy (non-hydrogen) atoms. The third kappa shape index (κ3) is 4.13. The predicted octanol–water partition coefficient (Wildman–Crippen LogP) is 4.26. The van der Waals surface area contributed by atoms with E-state index in [-0.39, 0.29) is 17.9 Å². The Kier molecular flexibility index (Phi) is 5.39. The van der Waals surface area contributed by atoms with E-state index < -0.39 is 11.9 Å². The van der Waals surface area contributed by atoms with Gasteiger partial charge in [-0.3, -0.25) is 0 Å². The lowest BCUT2D eigenvalue weighted by Gasteiger charge is -2.11. The van der Waals surface area contributed by atoms with Gasteiger partial charge in [0.05, 0.1) is 7.11 Å². The number of fused-ring (bicyclic) bond motifs is 1. The van der Waals surface area contributed by atoms with Crippen molar-refractivity contribution in [2.75, 3.05) is 13.7 Å². The number of carbonyl (C=O) groups excluding carboxylic acids is 2. The highest BCUT2D eigenvalue weighted by molar-refractivity contribution is 6.30. The van der Waals surface area contributed by atoms with Gasteiger partial charge in [0.15, 0.2) is 6.61 Å². The number of ether oxygens (including phenoxy) is 3. The molecule has 0 saturated carbocycles. The molecule has 0 aliphatic carbocycles. The zero-order chi connectivity index (χ0) is 18.5. The van der Waals surface area contributed by atoms with Crippen molar-refractivity contribution in [2.24, 2.45) is 0 Å². The number of carbonyl (C=O) groups is 2. The molecule has 0 unspecified atom stereocenters. The topological polar surface area (TPSA) is 61.8 Å². The van der Waals surface area contributed by atoms with Crippen LogP contribution in [0.4, 0.5) is 0 Å². The standard InChI is InChI=1S/C20H15ClO5/c1-24-20(23)17-9-13-5-2-3-6-14(13)10-18(17)26-19(22)12-25-16-8-4-7-15(21)11-16/h2-11H,12H2,1H3. The summed E-state index contributed by atoms with van der Waals surface area (Å²) in [5.74, 6) is -0.670. The second-order valence-electron chi connectivity index (χ2n) is 5.41. The van der Waals surface area contributed by atoms with E-state index in [1.54, 1.807) is 36.4 Å². The minimum atomic E-state index is -0.648. The number of rotatable bonds is 5. The van der Waals surface area contributed by atoms with Crippen molar-refractivity contribution in [3.05, 3.63) is 71.2 Å². The van der Waals surface area contributed by atoms with E-state index >= 15 is 0 Å². The Balaban J connectivity index is 1.80. The largest absolute Gasteiger partial charge is 0.482 e. The van der Waals surface area contributed by atoms with Crippen LogP contribution in [0.1, 0.15) is 10.4 Å². The number of benzene rings is 3. The first-order valence-electron chi connectivity index (χ1n) is 7.77. The van der Waals surface area contributed by atoms with Crippen LogP contribution in [-0.4, -0.2) is 25.7 Å². The number of methoxy groups -OCH3 is 1. The van der Waals surface area contributed by atoms with Crippen LogP contribution in [-0.2, 0) is 9.53 Å². The Labute approximate surface area is 155 Å². The number of hydrogen-bond donors (Lipinski definition) is 0. The molecule has 6 heteroatoms. The van der Waals surface area contributed by atoms with Gasteiger partial charge in [0.25, 0.3) is 0 Å². The minimum Gasteiger partial charge on any atom is -0.482 e. The van der Waals surface area contributed by atoms with Crippen LogP contribution in [0.25, 0.3) is 10.8 Å². The number of hydrogen-bond acceptors (Lipinski definition) is 5. The Hall–Kier alpha value is -3.05. The molecule has 0 spiro atoms. The van der Waals surface area contributed by atoms with E-state index in [0.717, 1.165) is 10.8 Å². The molecule has 0 N–H and O–H groups in total. The summed E-state index contributed by atoms with van der Waals surface area (Å²) in [7, 11) is 1.27. The van der Waals surface area contributed by atoms with E-state index in [1.165, 1.54) is 7.11 Å². The highest BCUT2D eigenvalue weighted by atomic mass is 35.5. The van der Waals surface area contributed by atoms with Gasteiger partial charge in [0.1, 0.15) is 17.1 Å². The Morgan fingerprint density at radius 2 is 1.69 bits per heavy atom. The molecule has 3 aromatic carbocycles. The van der Waals surface area contributed by atoms with Crippen molar-refractivity contribution >= 4 is 34.3 Å². The van der Waals surface area contributed by atoms with E-state index in [1.807, 2.05) is 24.3 Å². The molecule has 0 aliphatic rings. The van der Waals surface area contributed by atoms with E-state index in [9.17, 15) is 9.59 Å². The molecular formula is C20H15ClO5. The average molecular weight is 371 g/mol. The highest BCUT2D eigenvalue weighted by Crippen LogP contribution is 2.27. The normalized spacial score (nSPS) is 10.4. The van der Waals surface area contributed by atoms with E-state index in [4.69, 9.17) is 25.8 Å². The Morgan fingerprint density at radius 3 is 2.38 bits per heavy atom. The van der Waals surface area contributed by atoms with Crippen LogP contribution in [0.5, 0.6) is 11.5 Å². The summed E-state index contributed by atoms with van der Waals surface area (Å²) in [4.78, 5) is 24.2. The monoisotopic (exact) mass is 370 g/mol. The van der Waals surface area contributed by atoms with Crippen molar-refractivity contribution in [3.8, 4) is 11.5 Å². The molecule has 3 rings (SSSR count). The van der Waals surface area contributed by atoms with E-state index in [0.29, 0.717) is 10.8 Å². The molecule has 0 saturated heterocycles. The second kappa shape index (κ2) is 7.89. The summed E-state index contributed by atoms with van der Waals surface area (Å²) in [5.41, 5.74) is 0.169. The van der Waals surface area contributed by atoms with Crippen molar-refractivity contribution < 1.29 is 23.8 Å². The molecule has 0 atom stereocenters. The van der Waals surface area contributed by atoms with Gasteiger partial charge < -0.3 is 14.2 Å². The van der Waals surface area contributed by atoms with Crippen LogP contribution in [0.2, 0.25) is 5.02 Å². The molecule has 0 bridgehead atoms. The summed E-state index contributed by atoms with van der Waals surface area (Å²) in [6, 6.07) is 17.3. The summed E-state index contributed by atoms with van der Waals surface area (Å²) in [6.07, 6.45) is 0. The van der Waals surface area contributed by atoms with Gasteiger partial charge in [-0.15, -0.1) is 0 Å². The summed E-state index contributed by atoms with van der Waals surface area (Å²) >= 11 is 5.87. The molecular weight excluding hydrogens is 356 g/mol.